The SMILES string of the molecule is CC.CC.CCOc1cc2c(Nc3ccccc3)ncnc2cc1OC.CN. The Morgan fingerprint density at radius 1 is 0.929 bits per heavy atom. The minimum Gasteiger partial charge on any atom is -0.493 e. The molecule has 28 heavy (non-hydrogen) atoms. The van der Waals surface area contributed by atoms with Crippen molar-refractivity contribution in [1.82, 2.24) is 9.97 Å². The molecule has 0 aliphatic heterocycles. The highest BCUT2D eigenvalue weighted by Crippen LogP contribution is 2.34. The van der Waals surface area contributed by atoms with Crippen LogP contribution >= 0.6 is 0 Å². The van der Waals surface area contributed by atoms with Crippen LogP contribution in [0.3, 0.4) is 0 Å². The molecule has 0 saturated heterocycles. The van der Waals surface area contributed by atoms with Gasteiger partial charge in [-0.05, 0) is 32.2 Å². The van der Waals surface area contributed by atoms with Crippen molar-refractivity contribution < 1.29 is 9.47 Å². The molecule has 3 rings (SSSR count). The quantitative estimate of drug-likeness (QED) is 0.610. The third-order valence-electron chi connectivity index (χ3n) is 3.26. The fraction of sp³-hybridized carbons (Fsp3) is 0.364. The molecule has 0 fully saturated rings. The van der Waals surface area contributed by atoms with Crippen LogP contribution in [-0.2, 0) is 0 Å². The first-order chi connectivity index (χ1) is 13.8. The fourth-order valence-electron chi connectivity index (χ4n) is 2.25. The number of para-hydroxylation sites is 1. The lowest BCUT2D eigenvalue weighted by atomic mass is 10.2. The summed E-state index contributed by atoms with van der Waals surface area (Å²) in [7, 11) is 3.12. The van der Waals surface area contributed by atoms with E-state index < -0.39 is 0 Å². The van der Waals surface area contributed by atoms with E-state index in [2.05, 4.69) is 21.0 Å². The second-order valence-corrected chi connectivity index (χ2v) is 4.67. The van der Waals surface area contributed by atoms with Crippen molar-refractivity contribution in [2.45, 2.75) is 34.6 Å². The third-order valence-corrected chi connectivity index (χ3v) is 3.26. The summed E-state index contributed by atoms with van der Waals surface area (Å²) in [5, 5.41) is 4.19. The third kappa shape index (κ3) is 7.04. The molecule has 0 radical (unpaired) electrons. The summed E-state index contributed by atoms with van der Waals surface area (Å²) in [5.41, 5.74) is 6.27. The number of rotatable bonds is 5. The summed E-state index contributed by atoms with van der Waals surface area (Å²) >= 11 is 0. The van der Waals surface area contributed by atoms with Crippen LogP contribution in [0.5, 0.6) is 11.5 Å². The van der Waals surface area contributed by atoms with Crippen molar-refractivity contribution in [3.63, 3.8) is 0 Å². The normalized spacial score (nSPS) is 8.86. The van der Waals surface area contributed by atoms with E-state index in [-0.39, 0.29) is 0 Å². The van der Waals surface area contributed by atoms with Crippen LogP contribution in [0, 0.1) is 0 Å². The predicted molar refractivity (Wildman–Crippen MR) is 120 cm³/mol. The number of methoxy groups -OCH3 is 1. The van der Waals surface area contributed by atoms with Crippen molar-refractivity contribution in [3.8, 4) is 11.5 Å². The van der Waals surface area contributed by atoms with Crippen molar-refractivity contribution in [1.29, 1.82) is 0 Å². The lowest BCUT2D eigenvalue weighted by molar-refractivity contribution is 0.311. The second kappa shape index (κ2) is 15.2. The first-order valence-corrected chi connectivity index (χ1v) is 9.67. The van der Waals surface area contributed by atoms with Gasteiger partial charge < -0.3 is 20.5 Å². The molecule has 0 saturated carbocycles. The number of hydrogen-bond donors (Lipinski definition) is 2. The van der Waals surface area contributed by atoms with Gasteiger partial charge in [-0.25, -0.2) is 9.97 Å². The molecule has 154 valence electrons. The van der Waals surface area contributed by atoms with E-state index in [1.807, 2.05) is 77.1 Å². The standard InChI is InChI=1S/C17H17N3O2.2C2H6.CH5N/c1-3-22-16-9-13-14(10-15(16)21-2)18-11-19-17(13)20-12-7-5-4-6-8-12;3*1-2/h4-11H,3H2,1-2H3,(H,18,19,20);2*1-2H3;2H2,1H3. The van der Waals surface area contributed by atoms with Gasteiger partial charge in [0.2, 0.25) is 0 Å². The average molecular weight is 387 g/mol. The van der Waals surface area contributed by atoms with Gasteiger partial charge in [0.1, 0.15) is 12.1 Å². The fourth-order valence-corrected chi connectivity index (χ4v) is 2.25. The average Bonchev–Trinajstić information content (AvgIpc) is 2.79. The molecule has 0 atom stereocenters. The van der Waals surface area contributed by atoms with Gasteiger partial charge in [-0.2, -0.15) is 0 Å². The number of nitrogens with one attached hydrogen (secondary N) is 1. The van der Waals surface area contributed by atoms with Crippen LogP contribution in [0.25, 0.3) is 10.9 Å². The molecule has 3 N–H and O–H groups in total. The number of aromatic nitrogens is 2. The van der Waals surface area contributed by atoms with Gasteiger partial charge in [0, 0.05) is 17.1 Å². The van der Waals surface area contributed by atoms with Crippen molar-refractivity contribution >= 4 is 22.4 Å². The number of fused-ring (bicyclic) bond motifs is 1. The van der Waals surface area contributed by atoms with Crippen molar-refractivity contribution in [3.05, 3.63) is 48.8 Å². The summed E-state index contributed by atoms with van der Waals surface area (Å²) in [4.78, 5) is 8.65. The van der Waals surface area contributed by atoms with E-state index in [4.69, 9.17) is 9.47 Å². The minimum atomic E-state index is 0.566. The first kappa shape index (κ1) is 25.1. The van der Waals surface area contributed by atoms with Gasteiger partial charge >= 0.3 is 0 Å². The number of anilines is 2. The van der Waals surface area contributed by atoms with E-state index in [9.17, 15) is 0 Å². The Hall–Kier alpha value is -2.86. The Bertz CT molecular complexity index is 780. The number of hydrogen-bond acceptors (Lipinski definition) is 6. The molecule has 6 nitrogen and oxygen atoms in total. The van der Waals surface area contributed by atoms with Gasteiger partial charge in [0.25, 0.3) is 0 Å². The Kier molecular flexibility index (Phi) is 13.7. The Morgan fingerprint density at radius 3 is 2.14 bits per heavy atom. The van der Waals surface area contributed by atoms with E-state index in [0.717, 1.165) is 22.4 Å². The second-order valence-electron chi connectivity index (χ2n) is 4.67. The molecular formula is C22H34N4O2. The molecule has 1 heterocycles. The molecule has 6 heteroatoms. The van der Waals surface area contributed by atoms with E-state index in [1.54, 1.807) is 7.11 Å². The number of ether oxygens (including phenoxy) is 2. The highest BCUT2D eigenvalue weighted by atomic mass is 16.5. The van der Waals surface area contributed by atoms with Gasteiger partial charge in [-0.1, -0.05) is 45.9 Å². The summed E-state index contributed by atoms with van der Waals surface area (Å²) in [6.07, 6.45) is 1.54. The van der Waals surface area contributed by atoms with Crippen LogP contribution in [0.4, 0.5) is 11.5 Å². The largest absolute Gasteiger partial charge is 0.493 e. The van der Waals surface area contributed by atoms with Crippen molar-refractivity contribution in [2.24, 2.45) is 5.73 Å². The Morgan fingerprint density at radius 2 is 1.57 bits per heavy atom. The topological polar surface area (TPSA) is 82.3 Å². The molecule has 2 aromatic carbocycles. The maximum atomic E-state index is 5.63. The molecule has 0 aliphatic carbocycles. The molecule has 0 bridgehead atoms. The van der Waals surface area contributed by atoms with Gasteiger partial charge in [0.05, 0.1) is 19.2 Å². The monoisotopic (exact) mass is 386 g/mol. The molecule has 1 aromatic heterocycles. The molecule has 0 spiro atoms. The van der Waals surface area contributed by atoms with Crippen LogP contribution in [0.2, 0.25) is 0 Å². The molecular weight excluding hydrogens is 352 g/mol. The Balaban J connectivity index is 0.00000111. The molecule has 0 unspecified atom stereocenters. The zero-order chi connectivity index (χ0) is 21.4. The van der Waals surface area contributed by atoms with E-state index in [1.165, 1.54) is 13.4 Å². The maximum absolute atomic E-state index is 5.63. The van der Waals surface area contributed by atoms with Crippen LogP contribution in [-0.4, -0.2) is 30.7 Å². The predicted octanol–water partition coefficient (Wildman–Crippen LogP) is 5.41. The van der Waals surface area contributed by atoms with Crippen LogP contribution in [0.1, 0.15) is 34.6 Å². The smallest absolute Gasteiger partial charge is 0.162 e. The number of nitrogens with zero attached hydrogens (tertiary/aromatic N) is 2. The van der Waals surface area contributed by atoms with Crippen LogP contribution in [0.15, 0.2) is 48.8 Å². The summed E-state index contributed by atoms with van der Waals surface area (Å²) in [6, 6.07) is 13.7. The summed E-state index contributed by atoms with van der Waals surface area (Å²) in [6.45, 7) is 10.5. The number of benzene rings is 2. The van der Waals surface area contributed by atoms with Gasteiger partial charge in [-0.3, -0.25) is 0 Å². The van der Waals surface area contributed by atoms with E-state index in [0.29, 0.717) is 18.1 Å². The van der Waals surface area contributed by atoms with Crippen molar-refractivity contribution in [2.75, 3.05) is 26.1 Å². The summed E-state index contributed by atoms with van der Waals surface area (Å²) < 4.78 is 11.0. The number of nitrogens with two attached hydrogens (primary N) is 1. The first-order valence-electron chi connectivity index (χ1n) is 9.67. The Labute approximate surface area is 169 Å². The summed E-state index contributed by atoms with van der Waals surface area (Å²) in [5.74, 6) is 2.09. The highest BCUT2D eigenvalue weighted by Gasteiger charge is 2.11. The minimum absolute atomic E-state index is 0.566. The lowest BCUT2D eigenvalue weighted by Crippen LogP contribution is -1.99. The van der Waals surface area contributed by atoms with E-state index >= 15 is 0 Å². The molecule has 0 amide bonds. The van der Waals surface area contributed by atoms with Crippen LogP contribution < -0.4 is 20.5 Å². The van der Waals surface area contributed by atoms with Gasteiger partial charge in [-0.15, -0.1) is 0 Å². The van der Waals surface area contributed by atoms with Gasteiger partial charge in [0.15, 0.2) is 11.5 Å². The maximum Gasteiger partial charge on any atom is 0.162 e. The lowest BCUT2D eigenvalue weighted by Gasteiger charge is -2.13. The molecule has 0 aliphatic rings. The zero-order valence-corrected chi connectivity index (χ0v) is 18.1. The zero-order valence-electron chi connectivity index (χ0n) is 18.1. The highest BCUT2D eigenvalue weighted by molar-refractivity contribution is 5.93. The molecule has 3 aromatic rings.